The Morgan fingerprint density at radius 3 is 2.38 bits per heavy atom. The van der Waals surface area contributed by atoms with Gasteiger partial charge >= 0.3 is 0 Å². The Hall–Kier alpha value is -3.77. The van der Waals surface area contributed by atoms with Crippen molar-refractivity contribution in [3.63, 3.8) is 0 Å². The molecule has 1 amide bonds. The number of Topliss-reactive ketones (excluding diaryl/α,β-unsaturated/α-hetero) is 2. The highest BCUT2D eigenvalue weighted by molar-refractivity contribution is 6.07. The number of nitrogens with zero attached hydrogens (tertiary/aromatic N) is 2. The zero-order valence-electron chi connectivity index (χ0n) is 22.2. The molecular weight excluding hydrogens is 488 g/mol. The van der Waals surface area contributed by atoms with Gasteiger partial charge in [0.25, 0.3) is 5.91 Å². The summed E-state index contributed by atoms with van der Waals surface area (Å²) in [5.74, 6) is 0.980. The highest BCUT2D eigenvalue weighted by Crippen LogP contribution is 2.35. The quantitative estimate of drug-likeness (QED) is 0.395. The van der Waals surface area contributed by atoms with Crippen LogP contribution in [0.1, 0.15) is 70.6 Å². The van der Waals surface area contributed by atoms with Crippen molar-refractivity contribution in [2.24, 2.45) is 0 Å². The SMILES string of the molecule is O=C1CCC(N2Cc3c(OCc4cccc(CN5CCC(c6ccccc6)CC5)c4)cccc3C2=O)C(=O)C1. The summed E-state index contributed by atoms with van der Waals surface area (Å²) >= 11 is 0. The van der Waals surface area contributed by atoms with Crippen molar-refractivity contribution in [2.75, 3.05) is 13.1 Å². The molecule has 3 aliphatic rings. The lowest BCUT2D eigenvalue weighted by molar-refractivity contribution is -0.133. The molecule has 0 spiro atoms. The van der Waals surface area contributed by atoms with E-state index in [1.807, 2.05) is 12.1 Å². The summed E-state index contributed by atoms with van der Waals surface area (Å²) in [6.45, 7) is 3.87. The first-order valence-corrected chi connectivity index (χ1v) is 14.0. The Bertz CT molecular complexity index is 1380. The maximum Gasteiger partial charge on any atom is 0.255 e. The van der Waals surface area contributed by atoms with Crippen molar-refractivity contribution in [1.82, 2.24) is 9.80 Å². The Morgan fingerprint density at radius 2 is 1.59 bits per heavy atom. The topological polar surface area (TPSA) is 66.9 Å². The van der Waals surface area contributed by atoms with E-state index < -0.39 is 6.04 Å². The second kappa shape index (κ2) is 11.1. The second-order valence-electron chi connectivity index (χ2n) is 11.0. The van der Waals surface area contributed by atoms with E-state index in [1.165, 1.54) is 24.0 Å². The molecule has 0 radical (unpaired) electrons. The van der Waals surface area contributed by atoms with Crippen LogP contribution in [0.4, 0.5) is 0 Å². The molecule has 0 N–H and O–H groups in total. The van der Waals surface area contributed by atoms with E-state index in [-0.39, 0.29) is 23.9 Å². The zero-order valence-corrected chi connectivity index (χ0v) is 22.2. The monoisotopic (exact) mass is 522 g/mol. The van der Waals surface area contributed by atoms with E-state index >= 15 is 0 Å². The molecular formula is C33H34N2O4. The minimum atomic E-state index is -0.523. The van der Waals surface area contributed by atoms with E-state index in [0.29, 0.717) is 43.2 Å². The largest absolute Gasteiger partial charge is 0.489 e. The van der Waals surface area contributed by atoms with Gasteiger partial charge in [0.2, 0.25) is 0 Å². The molecule has 6 heteroatoms. The van der Waals surface area contributed by atoms with Gasteiger partial charge in [-0.15, -0.1) is 0 Å². The van der Waals surface area contributed by atoms with Gasteiger partial charge in [0.05, 0.1) is 19.0 Å². The van der Waals surface area contributed by atoms with Crippen LogP contribution >= 0.6 is 0 Å². The second-order valence-corrected chi connectivity index (χ2v) is 11.0. The van der Waals surface area contributed by atoms with E-state index in [4.69, 9.17) is 4.74 Å². The number of hydrogen-bond acceptors (Lipinski definition) is 5. The third-order valence-corrected chi connectivity index (χ3v) is 8.42. The van der Waals surface area contributed by atoms with Crippen LogP contribution in [0.5, 0.6) is 5.75 Å². The van der Waals surface area contributed by atoms with Gasteiger partial charge in [-0.1, -0.05) is 60.7 Å². The molecule has 2 aliphatic heterocycles. The maximum absolute atomic E-state index is 13.1. The summed E-state index contributed by atoms with van der Waals surface area (Å²) in [6, 6.07) is 24.4. The van der Waals surface area contributed by atoms with Gasteiger partial charge < -0.3 is 9.64 Å². The molecule has 1 atom stereocenters. The average Bonchev–Trinajstić information content (AvgIpc) is 3.29. The van der Waals surface area contributed by atoms with Gasteiger partial charge in [0, 0.05) is 24.1 Å². The van der Waals surface area contributed by atoms with Crippen molar-refractivity contribution in [3.8, 4) is 5.75 Å². The molecule has 1 saturated heterocycles. The maximum atomic E-state index is 13.1. The zero-order chi connectivity index (χ0) is 26.8. The Morgan fingerprint density at radius 1 is 0.821 bits per heavy atom. The Labute approximate surface area is 229 Å². The summed E-state index contributed by atoms with van der Waals surface area (Å²) in [6.07, 6.45) is 3.05. The van der Waals surface area contributed by atoms with Crippen LogP contribution in [0.15, 0.2) is 72.8 Å². The van der Waals surface area contributed by atoms with Crippen LogP contribution in [0.25, 0.3) is 0 Å². The number of ketones is 2. The lowest BCUT2D eigenvalue weighted by atomic mass is 9.89. The lowest BCUT2D eigenvalue weighted by Gasteiger charge is -2.32. The Balaban J connectivity index is 1.07. The van der Waals surface area contributed by atoms with Crippen LogP contribution in [-0.2, 0) is 29.3 Å². The number of amides is 1. The summed E-state index contributed by atoms with van der Waals surface area (Å²) < 4.78 is 6.24. The number of likely N-dealkylation sites (tertiary alicyclic amines) is 1. The molecule has 1 aliphatic carbocycles. The molecule has 0 aromatic heterocycles. The standard InChI is InChI=1S/C33H34N2O4/c36-27-12-13-30(31(37)19-27)35-21-29-28(33(35)38)10-5-11-32(29)39-22-24-7-4-6-23(18-24)20-34-16-14-26(15-17-34)25-8-2-1-3-9-25/h1-11,18,26,30H,12-17,19-22H2. The molecule has 1 saturated carbocycles. The van der Waals surface area contributed by atoms with Crippen molar-refractivity contribution in [3.05, 3.63) is 101 Å². The smallest absolute Gasteiger partial charge is 0.255 e. The molecule has 3 aromatic carbocycles. The van der Waals surface area contributed by atoms with E-state index in [0.717, 1.165) is 30.8 Å². The van der Waals surface area contributed by atoms with E-state index in [9.17, 15) is 14.4 Å². The molecule has 2 heterocycles. The van der Waals surface area contributed by atoms with E-state index in [1.54, 1.807) is 11.0 Å². The molecule has 2 fully saturated rings. The number of carbonyl (C=O) groups is 3. The molecule has 1 unspecified atom stereocenters. The lowest BCUT2D eigenvalue weighted by Crippen LogP contribution is -2.44. The normalized spacial score (nSPS) is 20.4. The molecule has 6 rings (SSSR count). The number of hydrogen-bond donors (Lipinski definition) is 0. The summed E-state index contributed by atoms with van der Waals surface area (Å²) in [4.78, 5) is 41.4. The van der Waals surface area contributed by atoms with E-state index in [2.05, 4.69) is 59.5 Å². The number of carbonyl (C=O) groups excluding carboxylic acids is 3. The third-order valence-electron chi connectivity index (χ3n) is 8.42. The predicted octanol–water partition coefficient (Wildman–Crippen LogP) is 5.29. The number of benzene rings is 3. The summed E-state index contributed by atoms with van der Waals surface area (Å²) in [5.41, 5.74) is 5.23. The van der Waals surface area contributed by atoms with Gasteiger partial charge in [-0.05, 0) is 67.1 Å². The Kier molecular flexibility index (Phi) is 7.29. The predicted molar refractivity (Wildman–Crippen MR) is 148 cm³/mol. The molecule has 6 nitrogen and oxygen atoms in total. The first kappa shape index (κ1) is 25.5. The number of ether oxygens (including phenoxy) is 1. The van der Waals surface area contributed by atoms with Gasteiger partial charge in [0.15, 0.2) is 5.78 Å². The van der Waals surface area contributed by atoms with Crippen molar-refractivity contribution in [1.29, 1.82) is 0 Å². The molecule has 0 bridgehead atoms. The highest BCUT2D eigenvalue weighted by atomic mass is 16.5. The van der Waals surface area contributed by atoms with Gasteiger partial charge in [-0.25, -0.2) is 0 Å². The van der Waals surface area contributed by atoms with Crippen LogP contribution in [0.2, 0.25) is 0 Å². The average molecular weight is 523 g/mol. The first-order valence-electron chi connectivity index (χ1n) is 14.0. The third kappa shape index (κ3) is 5.52. The number of piperidine rings is 1. The fourth-order valence-corrected chi connectivity index (χ4v) is 6.29. The van der Waals surface area contributed by atoms with Gasteiger partial charge in [-0.3, -0.25) is 19.3 Å². The van der Waals surface area contributed by atoms with Crippen molar-refractivity contribution >= 4 is 17.5 Å². The summed E-state index contributed by atoms with van der Waals surface area (Å²) in [7, 11) is 0. The highest BCUT2D eigenvalue weighted by Gasteiger charge is 2.40. The minimum Gasteiger partial charge on any atom is -0.489 e. The van der Waals surface area contributed by atoms with Crippen LogP contribution in [0, 0.1) is 0 Å². The number of fused-ring (bicyclic) bond motifs is 1. The number of rotatable bonds is 7. The molecule has 39 heavy (non-hydrogen) atoms. The fraction of sp³-hybridized carbons (Fsp3) is 0.364. The first-order chi connectivity index (χ1) is 19.0. The van der Waals surface area contributed by atoms with Crippen LogP contribution in [-0.4, -0.2) is 46.4 Å². The summed E-state index contributed by atoms with van der Waals surface area (Å²) in [5, 5.41) is 0. The minimum absolute atomic E-state index is 0.0386. The van der Waals surface area contributed by atoms with Crippen molar-refractivity contribution < 1.29 is 19.1 Å². The van der Waals surface area contributed by atoms with Gasteiger partial charge in [-0.2, -0.15) is 0 Å². The van der Waals surface area contributed by atoms with Crippen molar-refractivity contribution in [2.45, 2.75) is 63.8 Å². The van der Waals surface area contributed by atoms with Crippen LogP contribution in [0.3, 0.4) is 0 Å². The molecule has 200 valence electrons. The van der Waals surface area contributed by atoms with Gasteiger partial charge in [0.1, 0.15) is 18.1 Å². The molecule has 3 aromatic rings. The van der Waals surface area contributed by atoms with Crippen LogP contribution < -0.4 is 4.74 Å². The fourth-order valence-electron chi connectivity index (χ4n) is 6.29.